The lowest BCUT2D eigenvalue weighted by atomic mass is 10.3. The van der Waals surface area contributed by atoms with E-state index >= 15 is 0 Å². The zero-order valence-electron chi connectivity index (χ0n) is 14.1. The predicted octanol–water partition coefficient (Wildman–Crippen LogP) is -0.0513. The normalized spacial score (nSPS) is 11.3. The van der Waals surface area contributed by atoms with Crippen LogP contribution in [0.15, 0.2) is 40.2 Å². The Kier molecular flexibility index (Phi) is 3.46. The van der Waals surface area contributed by atoms with Crippen molar-refractivity contribution in [2.75, 3.05) is 5.32 Å². The van der Waals surface area contributed by atoms with Crippen LogP contribution in [0.2, 0.25) is 0 Å². The summed E-state index contributed by atoms with van der Waals surface area (Å²) in [6, 6.07) is 7.31. The van der Waals surface area contributed by atoms with Crippen molar-refractivity contribution < 1.29 is 4.79 Å². The van der Waals surface area contributed by atoms with Crippen LogP contribution in [0.25, 0.3) is 22.2 Å². The number of benzene rings is 1. The molecule has 26 heavy (non-hydrogen) atoms. The third-order valence-corrected chi connectivity index (χ3v) is 4.15. The fraction of sp³-hybridized carbons (Fsp3) is 0.188. The average Bonchev–Trinajstić information content (AvgIpc) is 3.19. The van der Waals surface area contributed by atoms with E-state index in [4.69, 9.17) is 0 Å². The molecule has 10 nitrogen and oxygen atoms in total. The molecule has 0 atom stereocenters. The van der Waals surface area contributed by atoms with Gasteiger partial charge in [-0.2, -0.15) is 0 Å². The zero-order chi connectivity index (χ0) is 18.4. The molecule has 0 fully saturated rings. The van der Waals surface area contributed by atoms with Crippen LogP contribution in [0, 0.1) is 0 Å². The van der Waals surface area contributed by atoms with E-state index in [1.54, 1.807) is 13.1 Å². The third kappa shape index (κ3) is 2.39. The maximum absolute atomic E-state index is 12.6. The van der Waals surface area contributed by atoms with E-state index in [9.17, 15) is 14.4 Å². The second-order valence-electron chi connectivity index (χ2n) is 5.91. The number of carbonyl (C=O) groups excluding carboxylic acids is 1. The summed E-state index contributed by atoms with van der Waals surface area (Å²) in [6.07, 6.45) is 1.45. The van der Waals surface area contributed by atoms with Gasteiger partial charge in [-0.15, -0.1) is 0 Å². The molecule has 10 heteroatoms. The van der Waals surface area contributed by atoms with Crippen LogP contribution >= 0.6 is 0 Å². The number of aryl methyl sites for hydroxylation is 2. The van der Waals surface area contributed by atoms with E-state index < -0.39 is 23.7 Å². The summed E-state index contributed by atoms with van der Waals surface area (Å²) in [5.74, 6) is -0.285. The van der Waals surface area contributed by atoms with Gasteiger partial charge in [0, 0.05) is 14.1 Å². The van der Waals surface area contributed by atoms with E-state index in [1.165, 1.54) is 22.5 Å². The number of aromatic nitrogens is 6. The van der Waals surface area contributed by atoms with Gasteiger partial charge in [0.25, 0.3) is 5.56 Å². The van der Waals surface area contributed by atoms with Crippen LogP contribution in [0.4, 0.5) is 5.95 Å². The monoisotopic (exact) mass is 353 g/mol. The molecular formula is C16H15N7O3. The molecule has 0 radical (unpaired) electrons. The highest BCUT2D eigenvalue weighted by Crippen LogP contribution is 2.13. The Morgan fingerprint density at radius 1 is 1.23 bits per heavy atom. The maximum atomic E-state index is 12.6. The molecule has 0 aliphatic heterocycles. The highest BCUT2D eigenvalue weighted by molar-refractivity contribution is 5.91. The number of fused-ring (bicyclic) bond motifs is 2. The number of aromatic amines is 1. The Bertz CT molecular complexity index is 1240. The minimum absolute atomic E-state index is 0.252. The minimum Gasteiger partial charge on any atom is -0.328 e. The fourth-order valence-corrected chi connectivity index (χ4v) is 2.86. The van der Waals surface area contributed by atoms with E-state index in [1.807, 2.05) is 18.2 Å². The summed E-state index contributed by atoms with van der Waals surface area (Å²) in [4.78, 5) is 48.6. The van der Waals surface area contributed by atoms with E-state index in [-0.39, 0.29) is 17.1 Å². The van der Waals surface area contributed by atoms with Gasteiger partial charge in [-0.3, -0.25) is 19.5 Å². The number of carbonyl (C=O) groups is 1. The van der Waals surface area contributed by atoms with Gasteiger partial charge in [-0.1, -0.05) is 12.1 Å². The van der Waals surface area contributed by atoms with Crippen molar-refractivity contribution in [1.29, 1.82) is 0 Å². The Morgan fingerprint density at radius 3 is 2.77 bits per heavy atom. The highest BCUT2D eigenvalue weighted by atomic mass is 16.2. The first kappa shape index (κ1) is 15.8. The predicted molar refractivity (Wildman–Crippen MR) is 94.9 cm³/mol. The van der Waals surface area contributed by atoms with Crippen molar-refractivity contribution in [1.82, 2.24) is 28.7 Å². The maximum Gasteiger partial charge on any atom is 0.332 e. The van der Waals surface area contributed by atoms with Gasteiger partial charge in [-0.05, 0) is 12.1 Å². The molecule has 0 saturated carbocycles. The van der Waals surface area contributed by atoms with E-state index in [2.05, 4.69) is 20.3 Å². The van der Waals surface area contributed by atoms with Gasteiger partial charge in [0.15, 0.2) is 11.2 Å². The second-order valence-corrected chi connectivity index (χ2v) is 5.91. The topological polar surface area (TPSA) is 120 Å². The highest BCUT2D eigenvalue weighted by Gasteiger charge is 2.17. The van der Waals surface area contributed by atoms with Gasteiger partial charge in [0.1, 0.15) is 6.54 Å². The van der Waals surface area contributed by atoms with Gasteiger partial charge >= 0.3 is 5.69 Å². The lowest BCUT2D eigenvalue weighted by Gasteiger charge is -2.08. The molecular weight excluding hydrogens is 338 g/mol. The summed E-state index contributed by atoms with van der Waals surface area (Å²) >= 11 is 0. The van der Waals surface area contributed by atoms with Gasteiger partial charge in [0.05, 0.1) is 17.4 Å². The van der Waals surface area contributed by atoms with E-state index in [0.717, 1.165) is 10.1 Å². The Balaban J connectivity index is 1.68. The number of hydrogen-bond donors (Lipinski definition) is 2. The Labute approximate surface area is 145 Å². The summed E-state index contributed by atoms with van der Waals surface area (Å²) in [5.41, 5.74) is 0.822. The summed E-state index contributed by atoms with van der Waals surface area (Å²) < 4.78 is 3.64. The molecule has 0 spiro atoms. The van der Waals surface area contributed by atoms with E-state index in [0.29, 0.717) is 5.52 Å². The number of para-hydroxylation sites is 2. The molecule has 1 amide bonds. The zero-order valence-corrected chi connectivity index (χ0v) is 14.1. The van der Waals surface area contributed by atoms with Crippen molar-refractivity contribution in [3.05, 3.63) is 51.4 Å². The first-order valence-corrected chi connectivity index (χ1v) is 7.81. The second kappa shape index (κ2) is 5.69. The van der Waals surface area contributed by atoms with Crippen LogP contribution in [0.1, 0.15) is 0 Å². The largest absolute Gasteiger partial charge is 0.332 e. The lowest BCUT2D eigenvalue weighted by molar-refractivity contribution is -0.116. The van der Waals surface area contributed by atoms with Crippen molar-refractivity contribution in [2.24, 2.45) is 14.1 Å². The smallest absolute Gasteiger partial charge is 0.328 e. The molecule has 0 saturated heterocycles. The number of nitrogens with zero attached hydrogens (tertiary/aromatic N) is 5. The summed E-state index contributed by atoms with van der Waals surface area (Å²) in [6.45, 7) is -0.427. The number of anilines is 1. The van der Waals surface area contributed by atoms with Crippen LogP contribution < -0.4 is 16.6 Å². The standard InChI is InChI=1S/C16H15N7O3/c1-21-8-17-13-12(21)14(25)23(16(26)22(13)2)7-11(24)20-15-18-9-5-3-4-6-10(9)19-15/h3-6,8H,7H2,1-2H3,(H2,18,19,20,24). The van der Waals surface area contributed by atoms with Crippen molar-refractivity contribution in [3.63, 3.8) is 0 Å². The fourth-order valence-electron chi connectivity index (χ4n) is 2.86. The first-order chi connectivity index (χ1) is 12.5. The molecule has 3 aromatic heterocycles. The number of nitrogens with one attached hydrogen (secondary N) is 2. The van der Waals surface area contributed by atoms with Crippen LogP contribution in [0.5, 0.6) is 0 Å². The van der Waals surface area contributed by atoms with Crippen molar-refractivity contribution >= 4 is 34.1 Å². The minimum atomic E-state index is -0.610. The molecule has 1 aromatic carbocycles. The molecule has 4 rings (SSSR count). The van der Waals surface area contributed by atoms with Crippen molar-refractivity contribution in [2.45, 2.75) is 6.54 Å². The molecule has 132 valence electrons. The molecule has 2 N–H and O–H groups in total. The van der Waals surface area contributed by atoms with Crippen LogP contribution in [0.3, 0.4) is 0 Å². The first-order valence-electron chi connectivity index (χ1n) is 7.81. The number of imidazole rings is 2. The van der Waals surface area contributed by atoms with Gasteiger partial charge < -0.3 is 9.55 Å². The molecule has 0 aliphatic rings. The van der Waals surface area contributed by atoms with Crippen LogP contribution in [-0.4, -0.2) is 34.6 Å². The van der Waals surface area contributed by atoms with Crippen LogP contribution in [-0.2, 0) is 25.4 Å². The molecule has 0 unspecified atom stereocenters. The number of rotatable bonds is 3. The Morgan fingerprint density at radius 2 is 2.00 bits per heavy atom. The van der Waals surface area contributed by atoms with Gasteiger partial charge in [0.2, 0.25) is 11.9 Å². The Hall–Kier alpha value is -3.69. The summed E-state index contributed by atoms with van der Waals surface area (Å²) in [5, 5.41) is 2.57. The summed E-state index contributed by atoms with van der Waals surface area (Å²) in [7, 11) is 3.16. The molecule has 3 heterocycles. The lowest BCUT2D eigenvalue weighted by Crippen LogP contribution is -2.42. The van der Waals surface area contributed by atoms with Crippen molar-refractivity contribution in [3.8, 4) is 0 Å². The quantitative estimate of drug-likeness (QED) is 0.535. The molecule has 4 aromatic rings. The van der Waals surface area contributed by atoms with Gasteiger partial charge in [-0.25, -0.2) is 19.3 Å². The number of H-pyrrole nitrogens is 1. The SMILES string of the molecule is Cn1cnc2c1c(=O)n(CC(=O)Nc1nc3ccccc3[nH]1)c(=O)n2C. The third-order valence-electron chi connectivity index (χ3n) is 4.15. The number of hydrogen-bond acceptors (Lipinski definition) is 5. The molecule has 0 bridgehead atoms. The number of amides is 1. The molecule has 0 aliphatic carbocycles. The average molecular weight is 353 g/mol.